The fraction of sp³-hybridized carbons (Fsp3) is 0.417. The number of sulfone groups is 1. The van der Waals surface area contributed by atoms with Crippen LogP contribution in [0.2, 0.25) is 0 Å². The molecule has 1 aliphatic rings. The summed E-state index contributed by atoms with van der Waals surface area (Å²) in [6, 6.07) is 3.13. The summed E-state index contributed by atoms with van der Waals surface area (Å²) in [5, 5.41) is -0.728. The van der Waals surface area contributed by atoms with Crippen molar-refractivity contribution in [3.05, 3.63) is 28.0 Å². The molecule has 116 valence electrons. The van der Waals surface area contributed by atoms with Gasteiger partial charge >= 0.3 is 0 Å². The monoisotopic (exact) mass is 412 g/mol. The van der Waals surface area contributed by atoms with E-state index in [-0.39, 0.29) is 15.1 Å². The molecule has 0 aliphatic carbocycles. The first-order chi connectivity index (χ1) is 9.73. The van der Waals surface area contributed by atoms with Crippen molar-refractivity contribution in [2.75, 3.05) is 29.2 Å². The maximum atomic E-state index is 14.6. The molecule has 0 spiro atoms. The summed E-state index contributed by atoms with van der Waals surface area (Å²) in [6.45, 7) is 0.470. The van der Waals surface area contributed by atoms with E-state index in [2.05, 4.69) is 15.9 Å². The number of rotatable bonds is 3. The van der Waals surface area contributed by atoms with Crippen LogP contribution < -0.4 is 10.6 Å². The molecule has 1 aromatic carbocycles. The third-order valence-electron chi connectivity index (χ3n) is 3.22. The van der Waals surface area contributed by atoms with Gasteiger partial charge in [0, 0.05) is 29.9 Å². The molecular weight excluding hydrogens is 399 g/mol. The molecule has 0 radical (unpaired) electrons. The molecule has 1 atom stereocenters. The van der Waals surface area contributed by atoms with Crippen LogP contribution >= 0.6 is 39.9 Å². The number of hydrogen-bond acceptors (Lipinski definition) is 5. The first-order valence-electron chi connectivity index (χ1n) is 6.04. The van der Waals surface area contributed by atoms with E-state index >= 15 is 0 Å². The Morgan fingerprint density at radius 1 is 1.57 bits per heavy atom. The Hall–Kier alpha value is -0.380. The van der Waals surface area contributed by atoms with E-state index in [1.165, 1.54) is 12.3 Å². The van der Waals surface area contributed by atoms with Gasteiger partial charge in [-0.15, -0.1) is 0 Å². The molecule has 9 heteroatoms. The number of halogens is 2. The van der Waals surface area contributed by atoms with Gasteiger partial charge in [0.1, 0.15) is 10.4 Å². The molecule has 1 heterocycles. The molecule has 21 heavy (non-hydrogen) atoms. The molecule has 0 bridgehead atoms. The van der Waals surface area contributed by atoms with Crippen LogP contribution in [0.4, 0.5) is 10.1 Å². The number of nitrogens with zero attached hydrogens (tertiary/aromatic N) is 1. The van der Waals surface area contributed by atoms with Crippen LogP contribution in [0.15, 0.2) is 16.6 Å². The van der Waals surface area contributed by atoms with Crippen molar-refractivity contribution < 1.29 is 12.8 Å². The summed E-state index contributed by atoms with van der Waals surface area (Å²) in [7, 11) is -3.31. The van der Waals surface area contributed by atoms with Crippen molar-refractivity contribution in [1.29, 1.82) is 0 Å². The first-order valence-corrected chi connectivity index (χ1v) is 10.4. The number of anilines is 1. The molecular formula is C12H14BrFN2O2S3. The van der Waals surface area contributed by atoms with Gasteiger partial charge in [-0.2, -0.15) is 11.8 Å². The first kappa shape index (κ1) is 17.0. The standard InChI is InChI=1S/C12H14BrFN2O2S3/c1-21(17,18)9-6-20-5-4-16(9)8-3-2-7(12(15)19)10(13)11(8)14/h2-3,9H,4-6H2,1H3,(H2,15,19). The molecule has 2 rings (SSSR count). The average molecular weight is 413 g/mol. The molecule has 0 amide bonds. The Morgan fingerprint density at radius 3 is 2.81 bits per heavy atom. The highest BCUT2D eigenvalue weighted by Crippen LogP contribution is 2.33. The van der Waals surface area contributed by atoms with Crippen molar-refractivity contribution in [3.8, 4) is 0 Å². The van der Waals surface area contributed by atoms with Crippen LogP contribution in [0.1, 0.15) is 5.56 Å². The van der Waals surface area contributed by atoms with Crippen molar-refractivity contribution in [1.82, 2.24) is 0 Å². The van der Waals surface area contributed by atoms with Crippen LogP contribution in [0, 0.1) is 5.82 Å². The Bertz CT molecular complexity index is 681. The predicted molar refractivity (Wildman–Crippen MR) is 93.3 cm³/mol. The minimum atomic E-state index is -3.31. The lowest BCUT2D eigenvalue weighted by Crippen LogP contribution is -2.47. The summed E-state index contributed by atoms with van der Waals surface area (Å²) in [5.74, 6) is 0.633. The number of benzene rings is 1. The second-order valence-corrected chi connectivity index (χ2v) is 9.26. The van der Waals surface area contributed by atoms with Crippen LogP contribution in [0.25, 0.3) is 0 Å². The number of hydrogen-bond donors (Lipinski definition) is 1. The average Bonchev–Trinajstić information content (AvgIpc) is 2.40. The number of thioether (sulfide) groups is 1. The normalized spacial score (nSPS) is 19.6. The van der Waals surface area contributed by atoms with Crippen molar-refractivity contribution in [2.45, 2.75) is 5.37 Å². The second kappa shape index (κ2) is 6.39. The molecule has 0 saturated carbocycles. The lowest BCUT2D eigenvalue weighted by molar-refractivity contribution is 0.577. The SMILES string of the molecule is CS(=O)(=O)C1CSCCN1c1ccc(C(N)=S)c(Br)c1F. The van der Waals surface area contributed by atoms with Crippen LogP contribution in [0.5, 0.6) is 0 Å². The Balaban J connectivity index is 2.50. The van der Waals surface area contributed by atoms with E-state index < -0.39 is 21.0 Å². The Morgan fingerprint density at radius 2 is 2.24 bits per heavy atom. The summed E-state index contributed by atoms with van der Waals surface area (Å²) >= 11 is 9.56. The van der Waals surface area contributed by atoms with Crippen LogP contribution in [-0.4, -0.2) is 43.1 Å². The number of thiocarbonyl (C=S) groups is 1. The van der Waals surface area contributed by atoms with E-state index in [0.29, 0.717) is 17.9 Å². The molecule has 1 aromatic rings. The third kappa shape index (κ3) is 3.52. The van der Waals surface area contributed by atoms with E-state index in [1.807, 2.05) is 0 Å². The van der Waals surface area contributed by atoms with Gasteiger partial charge in [0.05, 0.1) is 10.2 Å². The van der Waals surface area contributed by atoms with Gasteiger partial charge in [0.2, 0.25) is 0 Å². The Labute approximate surface area is 141 Å². The molecule has 1 aliphatic heterocycles. The van der Waals surface area contributed by atoms with E-state index in [0.717, 1.165) is 5.75 Å². The van der Waals surface area contributed by atoms with Crippen LogP contribution in [-0.2, 0) is 9.84 Å². The van der Waals surface area contributed by atoms with Gasteiger partial charge in [0.25, 0.3) is 0 Å². The van der Waals surface area contributed by atoms with E-state index in [1.54, 1.807) is 22.7 Å². The highest BCUT2D eigenvalue weighted by atomic mass is 79.9. The van der Waals surface area contributed by atoms with Crippen molar-refractivity contribution in [2.24, 2.45) is 5.73 Å². The maximum Gasteiger partial charge on any atom is 0.169 e. The lowest BCUT2D eigenvalue weighted by Gasteiger charge is -2.36. The minimum Gasteiger partial charge on any atom is -0.389 e. The minimum absolute atomic E-state index is 0.0844. The zero-order valence-electron chi connectivity index (χ0n) is 11.2. The second-order valence-electron chi connectivity index (χ2n) is 4.68. The van der Waals surface area contributed by atoms with Crippen molar-refractivity contribution >= 4 is 60.4 Å². The van der Waals surface area contributed by atoms with Crippen molar-refractivity contribution in [3.63, 3.8) is 0 Å². The van der Waals surface area contributed by atoms with E-state index in [9.17, 15) is 12.8 Å². The summed E-state index contributed by atoms with van der Waals surface area (Å²) in [4.78, 5) is 1.68. The summed E-state index contributed by atoms with van der Waals surface area (Å²) in [6.07, 6.45) is 1.17. The predicted octanol–water partition coefficient (Wildman–Crippen LogP) is 2.15. The fourth-order valence-corrected chi connectivity index (χ4v) is 5.85. The molecule has 1 fully saturated rings. The van der Waals surface area contributed by atoms with E-state index in [4.69, 9.17) is 18.0 Å². The zero-order valence-corrected chi connectivity index (χ0v) is 15.2. The van der Waals surface area contributed by atoms with Gasteiger partial charge in [-0.25, -0.2) is 12.8 Å². The number of nitrogens with two attached hydrogens (primary N) is 1. The third-order valence-corrected chi connectivity index (χ3v) is 6.85. The van der Waals surface area contributed by atoms with Gasteiger partial charge in [-0.3, -0.25) is 0 Å². The molecule has 4 nitrogen and oxygen atoms in total. The van der Waals surface area contributed by atoms with Crippen LogP contribution in [0.3, 0.4) is 0 Å². The molecule has 1 saturated heterocycles. The summed E-state index contributed by atoms with van der Waals surface area (Å²) < 4.78 is 38.6. The fourth-order valence-electron chi connectivity index (χ4n) is 2.16. The topological polar surface area (TPSA) is 63.4 Å². The largest absolute Gasteiger partial charge is 0.389 e. The van der Waals surface area contributed by atoms with Gasteiger partial charge in [-0.05, 0) is 28.1 Å². The maximum absolute atomic E-state index is 14.6. The smallest absolute Gasteiger partial charge is 0.169 e. The molecule has 1 unspecified atom stereocenters. The van der Waals surface area contributed by atoms with Gasteiger partial charge in [0.15, 0.2) is 15.7 Å². The zero-order chi connectivity index (χ0) is 15.8. The highest BCUT2D eigenvalue weighted by Gasteiger charge is 2.33. The molecule has 0 aromatic heterocycles. The molecule has 2 N–H and O–H groups in total. The van der Waals surface area contributed by atoms with Gasteiger partial charge in [-0.1, -0.05) is 12.2 Å². The lowest BCUT2D eigenvalue weighted by atomic mass is 10.2. The van der Waals surface area contributed by atoms with Gasteiger partial charge < -0.3 is 10.6 Å². The highest BCUT2D eigenvalue weighted by molar-refractivity contribution is 9.10. The quantitative estimate of drug-likeness (QED) is 0.767. The Kier molecular flexibility index (Phi) is 5.17. The summed E-state index contributed by atoms with van der Waals surface area (Å²) in [5.41, 5.74) is 6.18.